The number of amides is 1. The molecule has 1 amide bonds. The van der Waals surface area contributed by atoms with Gasteiger partial charge in [-0.15, -0.1) is 0 Å². The molecule has 158 valence electrons. The van der Waals surface area contributed by atoms with Gasteiger partial charge in [-0.25, -0.2) is 0 Å². The Labute approximate surface area is 179 Å². The van der Waals surface area contributed by atoms with Gasteiger partial charge in [-0.3, -0.25) is 14.6 Å². The Balaban J connectivity index is 2.13. The van der Waals surface area contributed by atoms with Gasteiger partial charge in [0.05, 0.1) is 23.2 Å². The minimum absolute atomic E-state index is 0.0147. The fourth-order valence-corrected chi connectivity index (χ4v) is 3.68. The number of rotatable bonds is 8. The molecular formula is C22H23ClN2O5. The second-order valence-electron chi connectivity index (χ2n) is 6.69. The molecule has 0 saturated carbocycles. The Morgan fingerprint density at radius 2 is 1.97 bits per heavy atom. The highest BCUT2D eigenvalue weighted by Crippen LogP contribution is 2.40. The number of pyridine rings is 1. The molecule has 0 aliphatic carbocycles. The second-order valence-corrected chi connectivity index (χ2v) is 7.10. The summed E-state index contributed by atoms with van der Waals surface area (Å²) >= 11 is 6.30. The Bertz CT molecular complexity index is 961. The second kappa shape index (κ2) is 9.73. The van der Waals surface area contributed by atoms with Crippen LogP contribution in [0.2, 0.25) is 5.02 Å². The number of carbonyl (C=O) groups excluding carboxylic acids is 2. The van der Waals surface area contributed by atoms with Crippen molar-refractivity contribution >= 4 is 29.1 Å². The maximum absolute atomic E-state index is 12.9. The number of likely N-dealkylation sites (tertiary alicyclic amines) is 1. The van der Waals surface area contributed by atoms with Gasteiger partial charge >= 0.3 is 0 Å². The number of Topliss-reactive ketones (excluding diaryl/α,β-unsaturated/α-hetero) is 1. The Kier molecular flexibility index (Phi) is 7.07. The van der Waals surface area contributed by atoms with E-state index < -0.39 is 17.7 Å². The Morgan fingerprint density at radius 1 is 1.23 bits per heavy atom. The number of hydrogen-bond donors (Lipinski definition) is 1. The first-order valence-corrected chi connectivity index (χ1v) is 9.97. The lowest BCUT2D eigenvalue weighted by molar-refractivity contribution is -0.140. The zero-order chi connectivity index (χ0) is 21.7. The van der Waals surface area contributed by atoms with E-state index in [-0.39, 0.29) is 21.9 Å². The van der Waals surface area contributed by atoms with Crippen molar-refractivity contribution in [2.24, 2.45) is 0 Å². The molecule has 1 N–H and O–H groups in total. The number of aliphatic hydroxyl groups is 1. The van der Waals surface area contributed by atoms with Crippen molar-refractivity contribution in [1.29, 1.82) is 0 Å². The van der Waals surface area contributed by atoms with E-state index in [1.807, 2.05) is 6.92 Å². The van der Waals surface area contributed by atoms with Crippen LogP contribution in [-0.2, 0) is 14.3 Å². The number of nitrogens with zero attached hydrogens (tertiary/aromatic N) is 2. The summed E-state index contributed by atoms with van der Waals surface area (Å²) in [5.41, 5.74) is 0.885. The van der Waals surface area contributed by atoms with Crippen LogP contribution in [0, 0.1) is 0 Å². The van der Waals surface area contributed by atoms with Crippen LogP contribution in [-0.4, -0.2) is 53.5 Å². The van der Waals surface area contributed by atoms with E-state index in [9.17, 15) is 14.7 Å². The molecule has 1 aliphatic rings. The maximum Gasteiger partial charge on any atom is 0.295 e. The van der Waals surface area contributed by atoms with E-state index in [4.69, 9.17) is 21.1 Å². The van der Waals surface area contributed by atoms with Gasteiger partial charge in [0.1, 0.15) is 11.5 Å². The van der Waals surface area contributed by atoms with Crippen molar-refractivity contribution in [3.63, 3.8) is 0 Å². The molecule has 2 heterocycles. The summed E-state index contributed by atoms with van der Waals surface area (Å²) in [5.74, 6) is -1.27. The summed E-state index contributed by atoms with van der Waals surface area (Å²) in [7, 11) is 1.57. The minimum Gasteiger partial charge on any atom is -0.507 e. The molecule has 0 spiro atoms. The SMILES string of the molecule is CCOc1ccc(Cl)c(/C(O)=C2\C(=O)C(=O)N(CCCOC)C2c2ccncc2)c1. The molecule has 0 bridgehead atoms. The topological polar surface area (TPSA) is 89.0 Å². The molecule has 0 radical (unpaired) electrons. The number of hydrogen-bond acceptors (Lipinski definition) is 6. The molecule has 1 aliphatic heterocycles. The molecule has 3 rings (SSSR count). The van der Waals surface area contributed by atoms with Crippen molar-refractivity contribution in [3.05, 3.63) is 64.4 Å². The zero-order valence-electron chi connectivity index (χ0n) is 16.8. The molecule has 1 fully saturated rings. The van der Waals surface area contributed by atoms with Crippen LogP contribution in [0.3, 0.4) is 0 Å². The third-order valence-corrected chi connectivity index (χ3v) is 5.14. The highest BCUT2D eigenvalue weighted by atomic mass is 35.5. The first-order chi connectivity index (χ1) is 14.5. The molecule has 7 nitrogen and oxygen atoms in total. The number of carbonyl (C=O) groups is 2. The lowest BCUT2D eigenvalue weighted by Crippen LogP contribution is -2.31. The van der Waals surface area contributed by atoms with Gasteiger partial charge in [0.2, 0.25) is 0 Å². The van der Waals surface area contributed by atoms with Gasteiger partial charge in [0.25, 0.3) is 11.7 Å². The van der Waals surface area contributed by atoms with E-state index in [0.717, 1.165) is 0 Å². The molecule has 1 saturated heterocycles. The van der Waals surface area contributed by atoms with Crippen LogP contribution in [0.5, 0.6) is 5.75 Å². The van der Waals surface area contributed by atoms with Crippen LogP contribution in [0.4, 0.5) is 0 Å². The van der Waals surface area contributed by atoms with Crippen molar-refractivity contribution in [2.75, 3.05) is 26.9 Å². The van der Waals surface area contributed by atoms with Crippen LogP contribution < -0.4 is 4.74 Å². The lowest BCUT2D eigenvalue weighted by atomic mass is 9.96. The van der Waals surface area contributed by atoms with Crippen molar-refractivity contribution in [1.82, 2.24) is 9.88 Å². The summed E-state index contributed by atoms with van der Waals surface area (Å²) < 4.78 is 10.6. The summed E-state index contributed by atoms with van der Waals surface area (Å²) in [6.07, 6.45) is 3.70. The van der Waals surface area contributed by atoms with E-state index in [0.29, 0.717) is 37.5 Å². The van der Waals surface area contributed by atoms with Crippen molar-refractivity contribution in [2.45, 2.75) is 19.4 Å². The van der Waals surface area contributed by atoms with Gasteiger partial charge in [-0.1, -0.05) is 11.6 Å². The Hall–Kier alpha value is -2.90. The third-order valence-electron chi connectivity index (χ3n) is 4.81. The minimum atomic E-state index is -0.760. The summed E-state index contributed by atoms with van der Waals surface area (Å²) in [4.78, 5) is 31.2. The van der Waals surface area contributed by atoms with Gasteiger partial charge < -0.3 is 19.5 Å². The molecule has 30 heavy (non-hydrogen) atoms. The highest BCUT2D eigenvalue weighted by Gasteiger charge is 2.46. The van der Waals surface area contributed by atoms with Gasteiger partial charge in [-0.2, -0.15) is 0 Å². The van der Waals surface area contributed by atoms with E-state index in [1.54, 1.807) is 49.8 Å². The van der Waals surface area contributed by atoms with E-state index >= 15 is 0 Å². The fraction of sp³-hybridized carbons (Fsp3) is 0.318. The standard InChI is InChI=1S/C22H23ClN2O5/c1-3-30-15-5-6-17(23)16(13-15)20(26)18-19(14-7-9-24-10-8-14)25(11-4-12-29-2)22(28)21(18)27/h5-10,13,19,26H,3-4,11-12H2,1-2H3/b20-18+. The quantitative estimate of drug-likeness (QED) is 0.298. The molecule has 1 atom stereocenters. The first-order valence-electron chi connectivity index (χ1n) is 9.59. The fourth-order valence-electron chi connectivity index (χ4n) is 3.47. The lowest BCUT2D eigenvalue weighted by Gasteiger charge is -2.25. The summed E-state index contributed by atoms with van der Waals surface area (Å²) in [6.45, 7) is 3.01. The molecule has 1 unspecified atom stereocenters. The smallest absolute Gasteiger partial charge is 0.295 e. The predicted octanol–water partition coefficient (Wildman–Crippen LogP) is 3.59. The van der Waals surface area contributed by atoms with Gasteiger partial charge in [0, 0.05) is 38.2 Å². The van der Waals surface area contributed by atoms with Gasteiger partial charge in [0.15, 0.2) is 0 Å². The average Bonchev–Trinajstić information content (AvgIpc) is 3.00. The van der Waals surface area contributed by atoms with E-state index in [1.165, 1.54) is 4.90 Å². The summed E-state index contributed by atoms with van der Waals surface area (Å²) in [5, 5.41) is 11.3. The molecule has 8 heteroatoms. The normalized spacial score (nSPS) is 18.1. The number of ketones is 1. The van der Waals surface area contributed by atoms with Crippen LogP contribution in [0.15, 0.2) is 48.3 Å². The zero-order valence-corrected chi connectivity index (χ0v) is 17.6. The van der Waals surface area contributed by atoms with Crippen molar-refractivity contribution in [3.8, 4) is 5.75 Å². The Morgan fingerprint density at radius 3 is 2.63 bits per heavy atom. The first kappa shape index (κ1) is 21.8. The number of benzene rings is 1. The predicted molar refractivity (Wildman–Crippen MR) is 112 cm³/mol. The highest BCUT2D eigenvalue weighted by molar-refractivity contribution is 6.47. The molecular weight excluding hydrogens is 408 g/mol. The number of halogens is 1. The summed E-state index contributed by atoms with van der Waals surface area (Å²) in [6, 6.07) is 7.49. The largest absolute Gasteiger partial charge is 0.507 e. The number of aliphatic hydroxyl groups excluding tert-OH is 1. The van der Waals surface area contributed by atoms with E-state index in [2.05, 4.69) is 4.98 Å². The average molecular weight is 431 g/mol. The molecule has 1 aromatic heterocycles. The number of aromatic nitrogens is 1. The number of ether oxygens (including phenoxy) is 2. The van der Waals surface area contributed by atoms with Crippen LogP contribution in [0.25, 0.3) is 5.76 Å². The monoisotopic (exact) mass is 430 g/mol. The maximum atomic E-state index is 12.9. The third kappa shape index (κ3) is 4.32. The molecule has 1 aromatic carbocycles. The number of methoxy groups -OCH3 is 1. The van der Waals surface area contributed by atoms with Crippen molar-refractivity contribution < 1.29 is 24.2 Å². The van der Waals surface area contributed by atoms with Crippen LogP contribution in [0.1, 0.15) is 30.5 Å². The van der Waals surface area contributed by atoms with Gasteiger partial charge in [-0.05, 0) is 49.2 Å². The van der Waals surface area contributed by atoms with Crippen LogP contribution >= 0.6 is 11.6 Å². The molecule has 2 aromatic rings.